The number of aryl methyl sites for hydroxylation is 1. The quantitative estimate of drug-likeness (QED) is 0.718. The zero-order chi connectivity index (χ0) is 15.4. The van der Waals surface area contributed by atoms with E-state index in [0.717, 1.165) is 21.8 Å². The van der Waals surface area contributed by atoms with E-state index in [1.165, 1.54) is 4.88 Å². The van der Waals surface area contributed by atoms with Crippen molar-refractivity contribution >= 4 is 22.7 Å². The summed E-state index contributed by atoms with van der Waals surface area (Å²) in [5, 5.41) is 18.7. The molecule has 0 spiro atoms. The van der Waals surface area contributed by atoms with Gasteiger partial charge in [-0.2, -0.15) is 0 Å². The van der Waals surface area contributed by atoms with Gasteiger partial charge in [0, 0.05) is 18.5 Å². The average molecular weight is 330 g/mol. The molecule has 0 radical (unpaired) electrons. The van der Waals surface area contributed by atoms with Gasteiger partial charge in [0.15, 0.2) is 0 Å². The van der Waals surface area contributed by atoms with Crippen LogP contribution in [0.15, 0.2) is 47.2 Å². The van der Waals surface area contributed by atoms with Crippen molar-refractivity contribution in [2.45, 2.75) is 19.6 Å². The summed E-state index contributed by atoms with van der Waals surface area (Å²) in [6, 6.07) is 12.1. The minimum absolute atomic E-state index is 0.489. The maximum atomic E-state index is 10.3. The van der Waals surface area contributed by atoms with Gasteiger partial charge in [-0.05, 0) is 29.5 Å². The van der Waals surface area contributed by atoms with Crippen molar-refractivity contribution in [1.82, 2.24) is 10.3 Å². The predicted molar refractivity (Wildman–Crippen MR) is 93.3 cm³/mol. The van der Waals surface area contributed by atoms with Crippen molar-refractivity contribution in [1.29, 1.82) is 0 Å². The molecule has 114 valence electrons. The average Bonchev–Trinajstić information content (AvgIpc) is 3.18. The first-order chi connectivity index (χ1) is 10.7. The van der Waals surface area contributed by atoms with Gasteiger partial charge in [-0.1, -0.05) is 30.3 Å². The van der Waals surface area contributed by atoms with Crippen molar-refractivity contribution < 1.29 is 5.11 Å². The minimum Gasteiger partial charge on any atom is -0.387 e. The van der Waals surface area contributed by atoms with Crippen LogP contribution in [-0.4, -0.2) is 16.6 Å². The standard InChI is InChI=1S/C17H18N2OS2/c1-12-5-2-3-6-14(12)15(20)10-18-9-13-11-22-17(19-13)16-7-4-8-21-16/h2-8,11,15,18,20H,9-10H2,1H3. The van der Waals surface area contributed by atoms with E-state index in [1.54, 1.807) is 22.7 Å². The Balaban J connectivity index is 1.54. The van der Waals surface area contributed by atoms with Gasteiger partial charge in [0.05, 0.1) is 16.7 Å². The lowest BCUT2D eigenvalue weighted by atomic mass is 10.0. The Bertz CT molecular complexity index is 722. The van der Waals surface area contributed by atoms with E-state index in [9.17, 15) is 5.11 Å². The van der Waals surface area contributed by atoms with E-state index in [0.29, 0.717) is 13.1 Å². The molecule has 0 saturated carbocycles. The molecule has 2 aromatic heterocycles. The van der Waals surface area contributed by atoms with Crippen LogP contribution in [0.3, 0.4) is 0 Å². The number of hydrogen-bond acceptors (Lipinski definition) is 5. The van der Waals surface area contributed by atoms with Crippen LogP contribution in [0.4, 0.5) is 0 Å². The molecule has 1 unspecified atom stereocenters. The number of rotatable bonds is 6. The van der Waals surface area contributed by atoms with Crippen molar-refractivity contribution in [3.05, 3.63) is 64.0 Å². The third-order valence-electron chi connectivity index (χ3n) is 3.47. The normalized spacial score (nSPS) is 12.5. The highest BCUT2D eigenvalue weighted by Gasteiger charge is 2.10. The Morgan fingerprint density at radius 2 is 2.05 bits per heavy atom. The summed E-state index contributed by atoms with van der Waals surface area (Å²) < 4.78 is 0. The molecule has 1 atom stereocenters. The second kappa shape index (κ2) is 7.15. The fourth-order valence-electron chi connectivity index (χ4n) is 2.31. The lowest BCUT2D eigenvalue weighted by Gasteiger charge is -2.14. The third kappa shape index (κ3) is 3.62. The zero-order valence-corrected chi connectivity index (χ0v) is 14.0. The largest absolute Gasteiger partial charge is 0.387 e. The summed E-state index contributed by atoms with van der Waals surface area (Å²) >= 11 is 3.37. The highest BCUT2D eigenvalue weighted by Crippen LogP contribution is 2.27. The minimum atomic E-state index is -0.489. The van der Waals surface area contributed by atoms with Gasteiger partial charge < -0.3 is 10.4 Å². The molecule has 0 aliphatic heterocycles. The highest BCUT2D eigenvalue weighted by atomic mass is 32.1. The first-order valence-electron chi connectivity index (χ1n) is 7.16. The molecule has 3 aromatic rings. The second-order valence-corrected chi connectivity index (χ2v) is 6.93. The summed E-state index contributed by atoms with van der Waals surface area (Å²) in [5.41, 5.74) is 3.11. The van der Waals surface area contributed by atoms with Crippen LogP contribution < -0.4 is 5.32 Å². The number of aliphatic hydroxyl groups excluding tert-OH is 1. The van der Waals surface area contributed by atoms with Crippen molar-refractivity contribution in [2.24, 2.45) is 0 Å². The molecule has 2 heterocycles. The first-order valence-corrected chi connectivity index (χ1v) is 8.92. The number of aliphatic hydroxyl groups is 1. The number of nitrogens with zero attached hydrogens (tertiary/aromatic N) is 1. The molecule has 0 fully saturated rings. The molecule has 3 rings (SSSR count). The monoisotopic (exact) mass is 330 g/mol. The lowest BCUT2D eigenvalue weighted by Crippen LogP contribution is -2.21. The molecule has 0 bridgehead atoms. The van der Waals surface area contributed by atoms with Crippen LogP contribution in [0.1, 0.15) is 22.9 Å². The highest BCUT2D eigenvalue weighted by molar-refractivity contribution is 7.20. The molecule has 0 saturated heterocycles. The van der Waals surface area contributed by atoms with Crippen LogP contribution in [0, 0.1) is 6.92 Å². The van der Waals surface area contributed by atoms with E-state index < -0.39 is 6.10 Å². The van der Waals surface area contributed by atoms with Crippen LogP contribution in [0.5, 0.6) is 0 Å². The number of thiophene rings is 1. The maximum Gasteiger partial charge on any atom is 0.133 e. The van der Waals surface area contributed by atoms with Gasteiger partial charge in [-0.3, -0.25) is 0 Å². The lowest BCUT2D eigenvalue weighted by molar-refractivity contribution is 0.173. The van der Waals surface area contributed by atoms with Crippen molar-refractivity contribution in [3.63, 3.8) is 0 Å². The Morgan fingerprint density at radius 3 is 2.82 bits per heavy atom. The van der Waals surface area contributed by atoms with Crippen LogP contribution in [0.25, 0.3) is 9.88 Å². The maximum absolute atomic E-state index is 10.3. The molecular formula is C17H18N2OS2. The van der Waals surface area contributed by atoms with E-state index in [1.807, 2.05) is 37.3 Å². The Hall–Kier alpha value is -1.53. The SMILES string of the molecule is Cc1ccccc1C(O)CNCc1csc(-c2cccs2)n1. The molecule has 0 aliphatic rings. The third-order valence-corrected chi connectivity index (χ3v) is 5.41. The Kier molecular flexibility index (Phi) is 5.00. The van der Waals surface area contributed by atoms with Gasteiger partial charge in [0.25, 0.3) is 0 Å². The summed E-state index contributed by atoms with van der Waals surface area (Å²) in [7, 11) is 0. The number of aromatic nitrogens is 1. The van der Waals surface area contributed by atoms with E-state index >= 15 is 0 Å². The molecular weight excluding hydrogens is 312 g/mol. The first kappa shape index (κ1) is 15.4. The predicted octanol–water partition coefficient (Wildman–Crippen LogP) is 4.00. The van der Waals surface area contributed by atoms with Gasteiger partial charge in [0.2, 0.25) is 0 Å². The fraction of sp³-hybridized carbons (Fsp3) is 0.235. The molecule has 22 heavy (non-hydrogen) atoms. The zero-order valence-electron chi connectivity index (χ0n) is 12.3. The van der Waals surface area contributed by atoms with Crippen LogP contribution in [-0.2, 0) is 6.54 Å². The molecule has 1 aromatic carbocycles. The van der Waals surface area contributed by atoms with Gasteiger partial charge in [-0.15, -0.1) is 22.7 Å². The molecule has 3 nitrogen and oxygen atoms in total. The molecule has 0 aliphatic carbocycles. The Morgan fingerprint density at radius 1 is 1.18 bits per heavy atom. The van der Waals surface area contributed by atoms with Crippen molar-refractivity contribution in [2.75, 3.05) is 6.54 Å². The second-order valence-electron chi connectivity index (χ2n) is 5.12. The van der Waals surface area contributed by atoms with E-state index in [2.05, 4.69) is 27.1 Å². The van der Waals surface area contributed by atoms with Gasteiger partial charge in [-0.25, -0.2) is 4.98 Å². The summed E-state index contributed by atoms with van der Waals surface area (Å²) in [6.07, 6.45) is -0.489. The summed E-state index contributed by atoms with van der Waals surface area (Å²) in [6.45, 7) is 3.22. The van der Waals surface area contributed by atoms with E-state index in [-0.39, 0.29) is 0 Å². The number of hydrogen-bond donors (Lipinski definition) is 2. The van der Waals surface area contributed by atoms with E-state index in [4.69, 9.17) is 0 Å². The summed E-state index contributed by atoms with van der Waals surface area (Å²) in [5.74, 6) is 0. The Labute approximate surface area is 138 Å². The van der Waals surface area contributed by atoms with Crippen LogP contribution in [0.2, 0.25) is 0 Å². The number of benzene rings is 1. The molecule has 2 N–H and O–H groups in total. The smallest absolute Gasteiger partial charge is 0.133 e. The van der Waals surface area contributed by atoms with Gasteiger partial charge >= 0.3 is 0 Å². The number of thiazole rings is 1. The fourth-order valence-corrected chi connectivity index (χ4v) is 3.94. The molecule has 5 heteroatoms. The van der Waals surface area contributed by atoms with Crippen molar-refractivity contribution in [3.8, 4) is 9.88 Å². The van der Waals surface area contributed by atoms with Crippen LogP contribution >= 0.6 is 22.7 Å². The topological polar surface area (TPSA) is 45.1 Å². The number of nitrogens with one attached hydrogen (secondary N) is 1. The summed E-state index contributed by atoms with van der Waals surface area (Å²) in [4.78, 5) is 5.83. The molecule has 0 amide bonds. The van der Waals surface area contributed by atoms with Gasteiger partial charge in [0.1, 0.15) is 5.01 Å².